The quantitative estimate of drug-likeness (QED) is 0.599. The third kappa shape index (κ3) is 4.49. The molecule has 1 saturated heterocycles. The third-order valence-electron chi connectivity index (χ3n) is 4.65. The van der Waals surface area contributed by atoms with Gasteiger partial charge < -0.3 is 5.32 Å². The topological polar surface area (TPSA) is 105 Å². The number of hydrogen-bond donors (Lipinski definition) is 1. The average Bonchev–Trinajstić information content (AvgIpc) is 2.96. The van der Waals surface area contributed by atoms with Gasteiger partial charge in [-0.1, -0.05) is 18.2 Å². The number of rotatable bonds is 6. The highest BCUT2D eigenvalue weighted by Gasteiger charge is 2.36. The van der Waals surface area contributed by atoms with Crippen LogP contribution in [0.5, 0.6) is 0 Å². The molecule has 0 aliphatic carbocycles. The molecule has 27 heavy (non-hydrogen) atoms. The van der Waals surface area contributed by atoms with Crippen molar-refractivity contribution in [2.75, 3.05) is 13.1 Å². The van der Waals surface area contributed by atoms with Crippen molar-refractivity contribution in [2.24, 2.45) is 0 Å². The Balaban J connectivity index is 2.04. The standard InChI is InChI=1S/C18H22N4O4S/c23-22(24)17-8-1-2-9-18(17)27(25,26)21(14-15-6-3-4-12-20-15)16-7-5-11-19-13-10-16/h1-4,6,8-9,12,16,19H,5,7,10-11,13-14H2. The molecule has 3 rings (SSSR count). The van der Waals surface area contributed by atoms with Crippen molar-refractivity contribution in [3.8, 4) is 0 Å². The maximum absolute atomic E-state index is 13.4. The van der Waals surface area contributed by atoms with Crippen molar-refractivity contribution in [1.82, 2.24) is 14.6 Å². The van der Waals surface area contributed by atoms with Crippen LogP contribution in [0.2, 0.25) is 0 Å². The van der Waals surface area contributed by atoms with Gasteiger partial charge in [-0.15, -0.1) is 0 Å². The number of aromatic nitrogens is 1. The largest absolute Gasteiger partial charge is 0.317 e. The Labute approximate surface area is 158 Å². The molecule has 1 atom stereocenters. The van der Waals surface area contributed by atoms with E-state index in [-0.39, 0.29) is 17.5 Å². The maximum Gasteiger partial charge on any atom is 0.289 e. The van der Waals surface area contributed by atoms with Crippen molar-refractivity contribution in [3.05, 3.63) is 64.5 Å². The monoisotopic (exact) mass is 390 g/mol. The van der Waals surface area contributed by atoms with E-state index in [1.165, 1.54) is 28.6 Å². The second-order valence-electron chi connectivity index (χ2n) is 6.43. The third-order valence-corrected chi connectivity index (χ3v) is 6.59. The minimum absolute atomic E-state index is 0.0832. The summed E-state index contributed by atoms with van der Waals surface area (Å²) in [5, 5.41) is 14.7. The predicted molar refractivity (Wildman–Crippen MR) is 101 cm³/mol. The molecule has 1 aliphatic heterocycles. The summed E-state index contributed by atoms with van der Waals surface area (Å²) >= 11 is 0. The number of nitrogens with zero attached hydrogens (tertiary/aromatic N) is 3. The van der Waals surface area contributed by atoms with E-state index in [0.29, 0.717) is 25.1 Å². The summed E-state index contributed by atoms with van der Waals surface area (Å²) in [5.74, 6) is 0. The molecule has 2 aromatic rings. The molecule has 1 fully saturated rings. The highest BCUT2D eigenvalue weighted by atomic mass is 32.2. The van der Waals surface area contributed by atoms with Gasteiger partial charge in [0, 0.05) is 18.3 Å². The van der Waals surface area contributed by atoms with Gasteiger partial charge in [0.25, 0.3) is 15.7 Å². The molecule has 1 unspecified atom stereocenters. The van der Waals surface area contributed by atoms with E-state index in [2.05, 4.69) is 10.3 Å². The lowest BCUT2D eigenvalue weighted by atomic mass is 10.1. The molecule has 144 valence electrons. The van der Waals surface area contributed by atoms with Crippen molar-refractivity contribution >= 4 is 15.7 Å². The summed E-state index contributed by atoms with van der Waals surface area (Å²) in [4.78, 5) is 14.7. The van der Waals surface area contributed by atoms with Crippen LogP contribution in [0.3, 0.4) is 0 Å². The fourth-order valence-electron chi connectivity index (χ4n) is 3.30. The Morgan fingerprint density at radius 3 is 2.67 bits per heavy atom. The van der Waals surface area contributed by atoms with Crippen LogP contribution in [0.1, 0.15) is 25.0 Å². The number of benzene rings is 1. The van der Waals surface area contributed by atoms with Crippen LogP contribution in [0, 0.1) is 10.1 Å². The van der Waals surface area contributed by atoms with Crippen LogP contribution in [-0.4, -0.2) is 41.8 Å². The van der Waals surface area contributed by atoms with E-state index >= 15 is 0 Å². The molecule has 0 radical (unpaired) electrons. The Bertz CT molecular complexity index is 881. The zero-order valence-electron chi connectivity index (χ0n) is 14.8. The molecule has 0 bridgehead atoms. The minimum Gasteiger partial charge on any atom is -0.317 e. The molecule has 1 aromatic heterocycles. The lowest BCUT2D eigenvalue weighted by Gasteiger charge is -2.29. The zero-order valence-corrected chi connectivity index (χ0v) is 15.6. The lowest BCUT2D eigenvalue weighted by molar-refractivity contribution is -0.387. The van der Waals surface area contributed by atoms with Gasteiger partial charge in [0.15, 0.2) is 4.90 Å². The van der Waals surface area contributed by atoms with E-state index in [0.717, 1.165) is 13.0 Å². The average molecular weight is 390 g/mol. The summed E-state index contributed by atoms with van der Waals surface area (Å²) in [7, 11) is -4.07. The smallest absolute Gasteiger partial charge is 0.289 e. The van der Waals surface area contributed by atoms with Gasteiger partial charge in [-0.3, -0.25) is 15.1 Å². The van der Waals surface area contributed by atoms with Gasteiger partial charge in [0.05, 0.1) is 17.2 Å². The first kappa shape index (κ1) is 19.4. The number of nitro groups is 1. The molecule has 0 amide bonds. The zero-order chi connectivity index (χ0) is 19.3. The second kappa shape index (κ2) is 8.55. The maximum atomic E-state index is 13.4. The molecular formula is C18H22N4O4S. The normalized spacial score (nSPS) is 18.2. The van der Waals surface area contributed by atoms with Gasteiger partial charge in [-0.2, -0.15) is 4.31 Å². The van der Waals surface area contributed by atoms with E-state index in [1.54, 1.807) is 24.4 Å². The van der Waals surface area contributed by atoms with Gasteiger partial charge in [0.2, 0.25) is 0 Å². The number of nitrogens with one attached hydrogen (secondary N) is 1. The van der Waals surface area contributed by atoms with Gasteiger partial charge >= 0.3 is 0 Å². The van der Waals surface area contributed by atoms with Crippen LogP contribution in [0.15, 0.2) is 53.6 Å². The Kier molecular flexibility index (Phi) is 6.15. The number of hydrogen-bond acceptors (Lipinski definition) is 6. The molecule has 0 spiro atoms. The first-order valence-electron chi connectivity index (χ1n) is 8.86. The van der Waals surface area contributed by atoms with Crippen molar-refractivity contribution in [2.45, 2.75) is 36.7 Å². The first-order chi connectivity index (χ1) is 13.0. The summed E-state index contributed by atoms with van der Waals surface area (Å²) in [6, 6.07) is 10.6. The highest BCUT2D eigenvalue weighted by molar-refractivity contribution is 7.89. The van der Waals surface area contributed by atoms with E-state index < -0.39 is 20.6 Å². The van der Waals surface area contributed by atoms with E-state index in [4.69, 9.17) is 0 Å². The summed E-state index contributed by atoms with van der Waals surface area (Å²) in [6.07, 6.45) is 3.79. The summed E-state index contributed by atoms with van der Waals surface area (Å²) in [6.45, 7) is 1.62. The van der Waals surface area contributed by atoms with Gasteiger partial charge in [-0.05, 0) is 50.6 Å². The van der Waals surface area contributed by atoms with Crippen molar-refractivity contribution in [1.29, 1.82) is 0 Å². The predicted octanol–water partition coefficient (Wildman–Crippen LogP) is 2.32. The van der Waals surface area contributed by atoms with Crippen LogP contribution >= 0.6 is 0 Å². The number of nitro benzene ring substituents is 1. The Hall–Kier alpha value is -2.36. The second-order valence-corrected chi connectivity index (χ2v) is 8.29. The first-order valence-corrected chi connectivity index (χ1v) is 10.3. The molecular weight excluding hydrogens is 368 g/mol. The molecule has 2 heterocycles. The SMILES string of the molecule is O=[N+]([O-])c1ccccc1S(=O)(=O)N(Cc1ccccn1)C1CCCNCC1. The van der Waals surface area contributed by atoms with Crippen LogP contribution in [-0.2, 0) is 16.6 Å². The van der Waals surface area contributed by atoms with Crippen LogP contribution < -0.4 is 5.32 Å². The van der Waals surface area contributed by atoms with Gasteiger partial charge in [-0.25, -0.2) is 8.42 Å². The van der Waals surface area contributed by atoms with Gasteiger partial charge in [0.1, 0.15) is 0 Å². The van der Waals surface area contributed by atoms with E-state index in [9.17, 15) is 18.5 Å². The number of sulfonamides is 1. The molecule has 1 aliphatic rings. The Morgan fingerprint density at radius 2 is 1.93 bits per heavy atom. The minimum atomic E-state index is -4.07. The van der Waals surface area contributed by atoms with Crippen molar-refractivity contribution in [3.63, 3.8) is 0 Å². The fraction of sp³-hybridized carbons (Fsp3) is 0.389. The van der Waals surface area contributed by atoms with Crippen molar-refractivity contribution < 1.29 is 13.3 Å². The number of pyridine rings is 1. The molecule has 1 N–H and O–H groups in total. The molecule has 0 saturated carbocycles. The summed E-state index contributed by atoms with van der Waals surface area (Å²) < 4.78 is 28.3. The number of para-hydroxylation sites is 1. The fourth-order valence-corrected chi connectivity index (χ4v) is 5.12. The molecule has 9 heteroatoms. The summed E-state index contributed by atoms with van der Waals surface area (Å²) in [5.41, 5.74) is 0.201. The highest BCUT2D eigenvalue weighted by Crippen LogP contribution is 2.30. The van der Waals surface area contributed by atoms with Crippen LogP contribution in [0.25, 0.3) is 0 Å². The molecule has 1 aromatic carbocycles. The lowest BCUT2D eigenvalue weighted by Crippen LogP contribution is -2.40. The Morgan fingerprint density at radius 1 is 1.15 bits per heavy atom. The molecule has 8 nitrogen and oxygen atoms in total. The van der Waals surface area contributed by atoms with E-state index in [1.807, 2.05) is 0 Å². The van der Waals surface area contributed by atoms with Crippen LogP contribution in [0.4, 0.5) is 5.69 Å².